The Labute approximate surface area is 206 Å². The van der Waals surface area contributed by atoms with Crippen LogP contribution in [0, 0.1) is 12.7 Å². The number of aliphatic hydroxyl groups is 1. The monoisotopic (exact) mass is 504 g/mol. The van der Waals surface area contributed by atoms with E-state index in [0.29, 0.717) is 34.7 Å². The van der Waals surface area contributed by atoms with Gasteiger partial charge in [-0.15, -0.1) is 0 Å². The van der Waals surface area contributed by atoms with Crippen molar-refractivity contribution >= 4 is 23.4 Å². The Balaban J connectivity index is 1.09. The van der Waals surface area contributed by atoms with Crippen molar-refractivity contribution in [2.75, 3.05) is 6.61 Å². The molecule has 0 saturated carbocycles. The van der Waals surface area contributed by atoms with E-state index in [2.05, 4.69) is 10.6 Å². The van der Waals surface area contributed by atoms with Crippen LogP contribution >= 0.6 is 11.6 Å². The Morgan fingerprint density at radius 2 is 1.86 bits per heavy atom. The summed E-state index contributed by atoms with van der Waals surface area (Å²) in [5.41, 5.74) is 1.07. The van der Waals surface area contributed by atoms with Crippen LogP contribution in [-0.2, 0) is 14.3 Å². The van der Waals surface area contributed by atoms with E-state index in [4.69, 9.17) is 25.8 Å². The summed E-state index contributed by atoms with van der Waals surface area (Å²) in [4.78, 5) is 25.2. The summed E-state index contributed by atoms with van der Waals surface area (Å²) < 4.78 is 30.7. The molecule has 3 N–H and O–H groups in total. The van der Waals surface area contributed by atoms with Crippen molar-refractivity contribution < 1.29 is 33.3 Å². The fraction of sp³-hybridized carbons (Fsp3) is 0.440. The molecule has 0 aliphatic carbocycles. The number of carbonyl (C=O) groups excluding carboxylic acids is 2. The van der Waals surface area contributed by atoms with E-state index in [1.54, 1.807) is 37.3 Å². The molecule has 2 aromatic rings. The van der Waals surface area contributed by atoms with Crippen molar-refractivity contribution in [2.45, 2.75) is 62.7 Å². The number of hydrogen-bond acceptors (Lipinski definition) is 6. The third kappa shape index (κ3) is 5.07. The number of nitrogens with one attached hydrogen (secondary N) is 2. The van der Waals surface area contributed by atoms with Crippen LogP contribution in [0.1, 0.15) is 36.5 Å². The fourth-order valence-electron chi connectivity index (χ4n) is 4.88. The van der Waals surface area contributed by atoms with E-state index in [-0.39, 0.29) is 60.7 Å². The van der Waals surface area contributed by atoms with Gasteiger partial charge in [-0.3, -0.25) is 9.59 Å². The SMILES string of the molecule is Cc1ccc(OCC(=O)N[C@@H]2C[C@@H]3O[C@H]2C[C@H]3NC(=O)[C@@H]2C[C@H](O)c3cc(Cl)ccc3O2)cc1F. The summed E-state index contributed by atoms with van der Waals surface area (Å²) in [7, 11) is 0. The lowest BCUT2D eigenvalue weighted by Crippen LogP contribution is -2.52. The molecule has 0 unspecified atom stereocenters. The van der Waals surface area contributed by atoms with E-state index in [1.165, 1.54) is 6.07 Å². The smallest absolute Gasteiger partial charge is 0.261 e. The molecule has 3 aliphatic rings. The largest absolute Gasteiger partial charge is 0.484 e. The zero-order valence-corrected chi connectivity index (χ0v) is 19.8. The van der Waals surface area contributed by atoms with Crippen LogP contribution in [-0.4, -0.2) is 53.9 Å². The van der Waals surface area contributed by atoms with Crippen molar-refractivity contribution in [3.05, 3.63) is 58.4 Å². The number of fused-ring (bicyclic) bond motifs is 3. The molecule has 3 aliphatic heterocycles. The molecule has 5 rings (SSSR count). The quantitative estimate of drug-likeness (QED) is 0.558. The molecule has 2 saturated heterocycles. The van der Waals surface area contributed by atoms with Gasteiger partial charge in [0.25, 0.3) is 11.8 Å². The van der Waals surface area contributed by atoms with Gasteiger partial charge in [-0.2, -0.15) is 0 Å². The predicted octanol–water partition coefficient (Wildman–Crippen LogP) is 2.58. The van der Waals surface area contributed by atoms with E-state index >= 15 is 0 Å². The summed E-state index contributed by atoms with van der Waals surface area (Å²) in [5.74, 6) is -0.299. The number of benzene rings is 2. The molecule has 0 spiro atoms. The second-order valence-corrected chi connectivity index (χ2v) is 9.65. The first-order chi connectivity index (χ1) is 16.8. The lowest BCUT2D eigenvalue weighted by molar-refractivity contribution is -0.131. The van der Waals surface area contributed by atoms with Crippen LogP contribution in [0.5, 0.6) is 11.5 Å². The second-order valence-electron chi connectivity index (χ2n) is 9.21. The zero-order chi connectivity index (χ0) is 24.7. The van der Waals surface area contributed by atoms with Crippen molar-refractivity contribution in [3.63, 3.8) is 0 Å². The van der Waals surface area contributed by atoms with Gasteiger partial charge in [0, 0.05) is 23.1 Å². The molecule has 8 nitrogen and oxygen atoms in total. The average molecular weight is 505 g/mol. The van der Waals surface area contributed by atoms with Gasteiger partial charge in [0.2, 0.25) is 0 Å². The number of ether oxygens (including phenoxy) is 3. The fourth-order valence-corrected chi connectivity index (χ4v) is 5.06. The van der Waals surface area contributed by atoms with Crippen LogP contribution < -0.4 is 20.1 Å². The van der Waals surface area contributed by atoms with E-state index in [9.17, 15) is 19.1 Å². The molecular formula is C25H26ClFN2O6. The highest BCUT2D eigenvalue weighted by atomic mass is 35.5. The Hall–Kier alpha value is -2.88. The summed E-state index contributed by atoms with van der Waals surface area (Å²) >= 11 is 5.98. The molecule has 186 valence electrons. The van der Waals surface area contributed by atoms with E-state index in [1.807, 2.05) is 0 Å². The zero-order valence-electron chi connectivity index (χ0n) is 19.0. The van der Waals surface area contributed by atoms with Gasteiger partial charge in [-0.25, -0.2) is 4.39 Å². The third-order valence-corrected chi connectivity index (χ3v) is 6.97. The highest BCUT2D eigenvalue weighted by molar-refractivity contribution is 6.30. The van der Waals surface area contributed by atoms with Gasteiger partial charge in [-0.05, 0) is 49.6 Å². The lowest BCUT2D eigenvalue weighted by atomic mass is 9.90. The highest BCUT2D eigenvalue weighted by Gasteiger charge is 2.49. The van der Waals surface area contributed by atoms with Gasteiger partial charge in [0.05, 0.1) is 30.4 Å². The first-order valence-electron chi connectivity index (χ1n) is 11.5. The topological polar surface area (TPSA) is 106 Å². The maximum absolute atomic E-state index is 13.6. The normalized spacial score (nSPS) is 28.7. The molecule has 2 fully saturated rings. The maximum Gasteiger partial charge on any atom is 0.261 e. The molecule has 3 heterocycles. The van der Waals surface area contributed by atoms with Crippen molar-refractivity contribution in [3.8, 4) is 11.5 Å². The highest BCUT2D eigenvalue weighted by Crippen LogP contribution is 2.38. The molecule has 0 aromatic heterocycles. The van der Waals surface area contributed by atoms with Gasteiger partial charge in [0.1, 0.15) is 17.3 Å². The summed E-state index contributed by atoms with van der Waals surface area (Å²) in [6.07, 6.45) is -0.902. The number of carbonyl (C=O) groups is 2. The van der Waals surface area contributed by atoms with Crippen LogP contribution in [0.15, 0.2) is 36.4 Å². The van der Waals surface area contributed by atoms with Crippen LogP contribution in [0.2, 0.25) is 5.02 Å². The predicted molar refractivity (Wildman–Crippen MR) is 124 cm³/mol. The van der Waals surface area contributed by atoms with Crippen LogP contribution in [0.4, 0.5) is 4.39 Å². The molecular weight excluding hydrogens is 479 g/mol. The molecule has 2 bridgehead atoms. The molecule has 0 radical (unpaired) electrons. The maximum atomic E-state index is 13.6. The minimum atomic E-state index is -0.845. The molecule has 6 atom stereocenters. The molecule has 2 aromatic carbocycles. The Kier molecular flexibility index (Phi) is 6.57. The minimum absolute atomic E-state index is 0.129. The average Bonchev–Trinajstić information content (AvgIpc) is 3.40. The van der Waals surface area contributed by atoms with Crippen molar-refractivity contribution in [1.29, 1.82) is 0 Å². The standard InChI is InChI=1S/C25H26ClFN2O6/c1-12-2-4-14(7-16(12)27)33-11-24(31)28-17-8-22-18(9-21(17)35-22)29-25(32)23-10-19(30)15-6-13(26)3-5-20(15)34-23/h2-7,17-19,21-23,30H,8-11H2,1H3,(H,28,31)(H,29,32)/t17-,18-,19+,21+,22+,23+/m1/s1. The second kappa shape index (κ2) is 9.64. The number of aliphatic hydroxyl groups excluding tert-OH is 1. The van der Waals surface area contributed by atoms with E-state index < -0.39 is 12.2 Å². The number of hydrogen-bond donors (Lipinski definition) is 3. The molecule has 35 heavy (non-hydrogen) atoms. The number of halogens is 2. The van der Waals surface area contributed by atoms with Crippen molar-refractivity contribution in [2.24, 2.45) is 0 Å². The summed E-state index contributed by atoms with van der Waals surface area (Å²) in [6.45, 7) is 1.42. The Bertz CT molecular complexity index is 1150. The lowest BCUT2D eigenvalue weighted by Gasteiger charge is -2.31. The Morgan fingerprint density at radius 3 is 2.57 bits per heavy atom. The number of amides is 2. The number of rotatable bonds is 6. The van der Waals surface area contributed by atoms with Gasteiger partial charge >= 0.3 is 0 Å². The minimum Gasteiger partial charge on any atom is -0.484 e. The molecule has 10 heteroatoms. The van der Waals surface area contributed by atoms with Gasteiger partial charge in [-0.1, -0.05) is 17.7 Å². The van der Waals surface area contributed by atoms with Gasteiger partial charge < -0.3 is 30.0 Å². The first-order valence-corrected chi connectivity index (χ1v) is 11.9. The Morgan fingerprint density at radius 1 is 1.11 bits per heavy atom. The molecule has 2 amide bonds. The number of aryl methyl sites for hydroxylation is 1. The first kappa shape index (κ1) is 23.8. The van der Waals surface area contributed by atoms with Gasteiger partial charge in [0.15, 0.2) is 12.7 Å². The van der Waals surface area contributed by atoms with Crippen LogP contribution in [0.25, 0.3) is 0 Å². The third-order valence-electron chi connectivity index (χ3n) is 6.74. The van der Waals surface area contributed by atoms with E-state index in [0.717, 1.165) is 0 Å². The van der Waals surface area contributed by atoms with Crippen LogP contribution in [0.3, 0.4) is 0 Å². The van der Waals surface area contributed by atoms with Crippen molar-refractivity contribution in [1.82, 2.24) is 10.6 Å². The summed E-state index contributed by atoms with van der Waals surface area (Å²) in [6, 6.07) is 8.99. The summed E-state index contributed by atoms with van der Waals surface area (Å²) in [5, 5.41) is 16.8.